The van der Waals surface area contributed by atoms with E-state index in [0.717, 1.165) is 0 Å². The third-order valence-electron chi connectivity index (χ3n) is 1.74. The van der Waals surface area contributed by atoms with Gasteiger partial charge in [-0.05, 0) is 18.8 Å². The highest BCUT2D eigenvalue weighted by Crippen LogP contribution is 2.43. The lowest BCUT2D eigenvalue weighted by Gasteiger charge is -2.12. The summed E-state index contributed by atoms with van der Waals surface area (Å²) in [5, 5.41) is 0. The van der Waals surface area contributed by atoms with E-state index in [1.54, 1.807) is 11.1 Å². The van der Waals surface area contributed by atoms with Crippen molar-refractivity contribution < 1.29 is 0 Å². The molecule has 0 heteroatoms. The van der Waals surface area contributed by atoms with E-state index in [0.29, 0.717) is 5.41 Å². The normalized spacial score (nSPS) is 19.5. The minimum absolute atomic E-state index is 0.462. The molecular weight excluding hydrogens is 96.1 g/mol. The topological polar surface area (TPSA) is 0 Å². The quantitative estimate of drug-likeness (QED) is 0.420. The lowest BCUT2D eigenvalue weighted by atomic mass is 9.93. The van der Waals surface area contributed by atoms with E-state index in [9.17, 15) is 0 Å². The van der Waals surface area contributed by atoms with Crippen molar-refractivity contribution in [1.29, 1.82) is 0 Å². The maximum atomic E-state index is 2.28. The fraction of sp³-hybridized carbons (Fsp3) is 0.750. The lowest BCUT2D eigenvalue weighted by molar-refractivity contribution is 0.519. The molecule has 0 aromatic rings. The molecule has 0 saturated heterocycles. The van der Waals surface area contributed by atoms with Crippen LogP contribution in [0, 0.1) is 5.41 Å². The van der Waals surface area contributed by atoms with Crippen LogP contribution in [0.4, 0.5) is 0 Å². The first-order chi connectivity index (χ1) is 3.52. The number of hydrogen-bond donors (Lipinski definition) is 0. The average molecular weight is 110 g/mol. The highest BCUT2D eigenvalue weighted by Gasteiger charge is 2.27. The van der Waals surface area contributed by atoms with Gasteiger partial charge in [-0.15, -0.1) is 0 Å². The Bertz CT molecular complexity index is 133. The third kappa shape index (κ3) is 0.936. The van der Waals surface area contributed by atoms with Gasteiger partial charge in [-0.25, -0.2) is 0 Å². The molecular formula is C8H14. The van der Waals surface area contributed by atoms with Crippen molar-refractivity contribution in [2.45, 2.75) is 34.1 Å². The molecule has 0 aromatic carbocycles. The van der Waals surface area contributed by atoms with Crippen molar-refractivity contribution in [2.24, 2.45) is 5.41 Å². The van der Waals surface area contributed by atoms with Gasteiger partial charge < -0.3 is 0 Å². The van der Waals surface area contributed by atoms with Crippen molar-refractivity contribution in [3.05, 3.63) is 11.1 Å². The molecule has 0 radical (unpaired) electrons. The molecule has 0 nitrogen and oxygen atoms in total. The van der Waals surface area contributed by atoms with Gasteiger partial charge in [0.25, 0.3) is 0 Å². The SMILES string of the molecule is CC1=C(C(C)(C)C)C1. The summed E-state index contributed by atoms with van der Waals surface area (Å²) in [6.45, 7) is 9.05. The van der Waals surface area contributed by atoms with E-state index in [1.807, 2.05) is 0 Å². The van der Waals surface area contributed by atoms with Gasteiger partial charge in [0.05, 0.1) is 0 Å². The van der Waals surface area contributed by atoms with Gasteiger partial charge in [0.15, 0.2) is 0 Å². The van der Waals surface area contributed by atoms with Crippen LogP contribution in [0.2, 0.25) is 0 Å². The summed E-state index contributed by atoms with van der Waals surface area (Å²) >= 11 is 0. The Morgan fingerprint density at radius 1 is 1.25 bits per heavy atom. The van der Waals surface area contributed by atoms with Crippen LogP contribution in [-0.4, -0.2) is 0 Å². The summed E-state index contributed by atoms with van der Waals surface area (Å²) in [7, 11) is 0. The zero-order valence-corrected chi connectivity index (χ0v) is 6.21. The van der Waals surface area contributed by atoms with E-state index in [1.165, 1.54) is 6.42 Å². The fourth-order valence-electron chi connectivity index (χ4n) is 1.13. The Balaban J connectivity index is 2.63. The van der Waals surface area contributed by atoms with Crippen LogP contribution in [0.3, 0.4) is 0 Å². The summed E-state index contributed by atoms with van der Waals surface area (Å²) in [6, 6.07) is 0. The largest absolute Gasteiger partial charge is 0.0692 e. The summed E-state index contributed by atoms with van der Waals surface area (Å²) in [6.07, 6.45) is 1.30. The summed E-state index contributed by atoms with van der Waals surface area (Å²) in [5.41, 5.74) is 3.74. The molecule has 0 atom stereocenters. The molecule has 0 amide bonds. The monoisotopic (exact) mass is 110 g/mol. The number of hydrogen-bond acceptors (Lipinski definition) is 0. The number of rotatable bonds is 0. The van der Waals surface area contributed by atoms with Crippen molar-refractivity contribution in [1.82, 2.24) is 0 Å². The molecule has 1 aliphatic carbocycles. The Kier molecular flexibility index (Phi) is 1.00. The molecule has 0 aromatic heterocycles. The highest BCUT2D eigenvalue weighted by molar-refractivity contribution is 5.37. The van der Waals surface area contributed by atoms with Crippen molar-refractivity contribution >= 4 is 0 Å². The standard InChI is InChI=1S/C8H14/c1-6-5-7(6)8(2,3)4/h5H2,1-4H3. The maximum absolute atomic E-state index is 2.28. The first kappa shape index (κ1) is 5.87. The van der Waals surface area contributed by atoms with E-state index >= 15 is 0 Å². The minimum atomic E-state index is 0.462. The van der Waals surface area contributed by atoms with Crippen LogP contribution < -0.4 is 0 Å². The second-order valence-corrected chi connectivity index (χ2v) is 3.69. The van der Waals surface area contributed by atoms with Crippen LogP contribution in [0.5, 0.6) is 0 Å². The molecule has 0 N–H and O–H groups in total. The molecule has 1 rings (SSSR count). The van der Waals surface area contributed by atoms with E-state index in [2.05, 4.69) is 27.7 Å². The molecule has 1 aliphatic rings. The van der Waals surface area contributed by atoms with Crippen LogP contribution in [0.1, 0.15) is 34.1 Å². The van der Waals surface area contributed by atoms with Crippen molar-refractivity contribution in [2.75, 3.05) is 0 Å². The van der Waals surface area contributed by atoms with Gasteiger partial charge in [-0.2, -0.15) is 0 Å². The Morgan fingerprint density at radius 2 is 1.62 bits per heavy atom. The maximum Gasteiger partial charge on any atom is -0.0100 e. The molecule has 0 fully saturated rings. The zero-order chi connectivity index (χ0) is 6.36. The van der Waals surface area contributed by atoms with Crippen LogP contribution in [-0.2, 0) is 0 Å². The molecule has 0 bridgehead atoms. The second-order valence-electron chi connectivity index (χ2n) is 3.69. The summed E-state index contributed by atoms with van der Waals surface area (Å²) < 4.78 is 0. The first-order valence-corrected chi connectivity index (χ1v) is 3.21. The smallest absolute Gasteiger partial charge is 0.0100 e. The van der Waals surface area contributed by atoms with Gasteiger partial charge in [0, 0.05) is 0 Å². The molecule has 0 saturated carbocycles. The summed E-state index contributed by atoms with van der Waals surface area (Å²) in [5.74, 6) is 0. The minimum Gasteiger partial charge on any atom is -0.0692 e. The predicted molar refractivity (Wildman–Crippen MR) is 36.8 cm³/mol. The third-order valence-corrected chi connectivity index (χ3v) is 1.74. The van der Waals surface area contributed by atoms with Crippen LogP contribution >= 0.6 is 0 Å². The zero-order valence-electron chi connectivity index (χ0n) is 6.21. The fourth-order valence-corrected chi connectivity index (χ4v) is 1.13. The average Bonchev–Trinajstić information content (AvgIpc) is 2.13. The number of allylic oxidation sites excluding steroid dienone is 2. The predicted octanol–water partition coefficient (Wildman–Crippen LogP) is 2.75. The Hall–Kier alpha value is -0.260. The van der Waals surface area contributed by atoms with Gasteiger partial charge in [-0.3, -0.25) is 0 Å². The Labute approximate surface area is 51.6 Å². The Morgan fingerprint density at radius 3 is 1.62 bits per heavy atom. The van der Waals surface area contributed by atoms with E-state index < -0.39 is 0 Å². The van der Waals surface area contributed by atoms with E-state index in [-0.39, 0.29) is 0 Å². The molecule has 0 unspecified atom stereocenters. The first-order valence-electron chi connectivity index (χ1n) is 3.21. The summed E-state index contributed by atoms with van der Waals surface area (Å²) in [4.78, 5) is 0. The lowest BCUT2D eigenvalue weighted by Crippen LogP contribution is -2.00. The highest BCUT2D eigenvalue weighted by atomic mass is 14.3. The van der Waals surface area contributed by atoms with Crippen LogP contribution in [0.25, 0.3) is 0 Å². The van der Waals surface area contributed by atoms with Gasteiger partial charge >= 0.3 is 0 Å². The van der Waals surface area contributed by atoms with Gasteiger partial charge in [-0.1, -0.05) is 31.9 Å². The molecule has 0 heterocycles. The van der Waals surface area contributed by atoms with Gasteiger partial charge in [0.2, 0.25) is 0 Å². The van der Waals surface area contributed by atoms with Crippen LogP contribution in [0.15, 0.2) is 11.1 Å². The molecule has 46 valence electrons. The molecule has 0 aliphatic heterocycles. The molecule has 8 heavy (non-hydrogen) atoms. The van der Waals surface area contributed by atoms with Crippen molar-refractivity contribution in [3.63, 3.8) is 0 Å². The van der Waals surface area contributed by atoms with Crippen molar-refractivity contribution in [3.8, 4) is 0 Å². The second kappa shape index (κ2) is 1.37. The van der Waals surface area contributed by atoms with E-state index in [4.69, 9.17) is 0 Å². The van der Waals surface area contributed by atoms with Gasteiger partial charge in [0.1, 0.15) is 0 Å². The molecule has 0 spiro atoms.